The van der Waals surface area contributed by atoms with Crippen molar-refractivity contribution >= 4 is 26.9 Å². The zero-order chi connectivity index (χ0) is 27.3. The molecule has 39 heavy (non-hydrogen) atoms. The third-order valence-corrected chi connectivity index (χ3v) is 8.69. The number of hydrogen-bond donors (Lipinski definition) is 0. The van der Waals surface area contributed by atoms with Crippen molar-refractivity contribution in [2.24, 2.45) is 7.05 Å². The average Bonchev–Trinajstić information content (AvgIpc) is 3.52. The summed E-state index contributed by atoms with van der Waals surface area (Å²) in [6.45, 7) is 7.90. The Kier molecular flexibility index (Phi) is 6.19. The lowest BCUT2D eigenvalue weighted by atomic mass is 10.1. The highest BCUT2D eigenvalue weighted by molar-refractivity contribution is 7.90. The highest BCUT2D eigenvalue weighted by Crippen LogP contribution is 2.32. The van der Waals surface area contributed by atoms with E-state index in [0.29, 0.717) is 42.2 Å². The molecule has 0 radical (unpaired) electrons. The van der Waals surface area contributed by atoms with Gasteiger partial charge in [0.15, 0.2) is 11.5 Å². The smallest absolute Gasteiger partial charge is 0.269 e. The fraction of sp³-hybridized carbons (Fsp3) is 0.286. The first-order valence-corrected chi connectivity index (χ1v) is 14.2. The highest BCUT2D eigenvalue weighted by atomic mass is 32.2. The van der Waals surface area contributed by atoms with Crippen LogP contribution in [0.15, 0.2) is 65.8 Å². The molecule has 5 heterocycles. The summed E-state index contributed by atoms with van der Waals surface area (Å²) in [5.74, 6) is 1.26. The first kappa shape index (κ1) is 25.2. The van der Waals surface area contributed by atoms with Crippen LogP contribution < -0.4 is 4.90 Å². The van der Waals surface area contributed by atoms with Gasteiger partial charge in [-0.15, -0.1) is 0 Å². The number of benzene rings is 1. The molecule has 0 unspecified atom stereocenters. The van der Waals surface area contributed by atoms with Gasteiger partial charge in [-0.1, -0.05) is 17.7 Å². The number of rotatable bonds is 5. The van der Waals surface area contributed by atoms with Gasteiger partial charge in [-0.05, 0) is 51.1 Å². The van der Waals surface area contributed by atoms with Crippen molar-refractivity contribution in [1.29, 1.82) is 0 Å². The lowest BCUT2D eigenvalue weighted by Crippen LogP contribution is -2.44. The van der Waals surface area contributed by atoms with Gasteiger partial charge >= 0.3 is 0 Å². The molecule has 1 fully saturated rings. The monoisotopic (exact) mass is 543 g/mol. The van der Waals surface area contributed by atoms with E-state index < -0.39 is 10.0 Å². The SMILES string of the molecule is Cc1ccc(S(=O)(=O)n2ccc3c(-c4nc(-c5cc(C)nn5C)cc(N5CCOC[C@H]5C)n4)ccnc32)cc1. The van der Waals surface area contributed by atoms with Crippen LogP contribution in [0.2, 0.25) is 0 Å². The Morgan fingerprint density at radius 1 is 1.03 bits per heavy atom. The van der Waals surface area contributed by atoms with Crippen molar-refractivity contribution in [2.75, 3.05) is 24.7 Å². The summed E-state index contributed by atoms with van der Waals surface area (Å²) in [4.78, 5) is 16.8. The zero-order valence-corrected chi connectivity index (χ0v) is 23.1. The Morgan fingerprint density at radius 2 is 1.82 bits per heavy atom. The number of hydrogen-bond acceptors (Lipinski definition) is 8. The minimum absolute atomic E-state index is 0.140. The second-order valence-electron chi connectivity index (χ2n) is 9.87. The molecule has 5 aromatic rings. The van der Waals surface area contributed by atoms with Crippen LogP contribution >= 0.6 is 0 Å². The van der Waals surface area contributed by atoms with Crippen LogP contribution in [0.25, 0.3) is 33.8 Å². The third kappa shape index (κ3) is 4.47. The number of fused-ring (bicyclic) bond motifs is 1. The van der Waals surface area contributed by atoms with E-state index >= 15 is 0 Å². The van der Waals surface area contributed by atoms with Crippen molar-refractivity contribution in [2.45, 2.75) is 31.7 Å². The molecule has 1 aliphatic rings. The van der Waals surface area contributed by atoms with Gasteiger partial charge in [0.2, 0.25) is 0 Å². The molecule has 0 saturated carbocycles. The van der Waals surface area contributed by atoms with Crippen molar-refractivity contribution < 1.29 is 13.2 Å². The number of morpholine rings is 1. The molecule has 1 aliphatic heterocycles. The van der Waals surface area contributed by atoms with E-state index in [1.165, 1.54) is 10.2 Å². The van der Waals surface area contributed by atoms with E-state index in [0.717, 1.165) is 28.5 Å². The predicted octanol–water partition coefficient (Wildman–Crippen LogP) is 3.97. The highest BCUT2D eigenvalue weighted by Gasteiger charge is 2.25. The minimum atomic E-state index is -3.84. The van der Waals surface area contributed by atoms with Gasteiger partial charge in [-0.2, -0.15) is 5.10 Å². The fourth-order valence-electron chi connectivity index (χ4n) is 4.98. The average molecular weight is 544 g/mol. The molecule has 0 bridgehead atoms. The maximum absolute atomic E-state index is 13.5. The summed E-state index contributed by atoms with van der Waals surface area (Å²) < 4.78 is 35.7. The number of pyridine rings is 1. The van der Waals surface area contributed by atoms with Gasteiger partial charge in [-0.3, -0.25) is 4.68 Å². The standard InChI is InChI=1S/C28H29N7O3S/c1-18-5-7-21(8-6-18)39(36,37)35-12-10-23-22(9-11-29-28(23)35)27-30-24(25-15-19(2)32-33(25)4)16-26(31-27)34-13-14-38-17-20(34)3/h5-12,15-16,20H,13-14,17H2,1-4H3/t20-/m1/s1. The van der Waals surface area contributed by atoms with E-state index in [-0.39, 0.29) is 10.9 Å². The van der Waals surface area contributed by atoms with Gasteiger partial charge in [0.05, 0.1) is 41.2 Å². The Hall–Kier alpha value is -4.09. The number of aryl methyl sites for hydroxylation is 3. The minimum Gasteiger partial charge on any atom is -0.377 e. The summed E-state index contributed by atoms with van der Waals surface area (Å²) in [5.41, 5.74) is 4.48. The molecule has 0 spiro atoms. The van der Waals surface area contributed by atoms with Crippen LogP contribution in [0.5, 0.6) is 0 Å². The quantitative estimate of drug-likeness (QED) is 0.328. The molecule has 0 aliphatic carbocycles. The Labute approximate surface area is 227 Å². The van der Waals surface area contributed by atoms with Gasteiger partial charge < -0.3 is 9.64 Å². The zero-order valence-electron chi connectivity index (χ0n) is 22.2. The largest absolute Gasteiger partial charge is 0.377 e. The van der Waals surface area contributed by atoms with Crippen molar-refractivity contribution in [1.82, 2.24) is 28.7 Å². The van der Waals surface area contributed by atoms with Crippen LogP contribution in [0.1, 0.15) is 18.2 Å². The Balaban J connectivity index is 1.52. The van der Waals surface area contributed by atoms with E-state index in [4.69, 9.17) is 14.7 Å². The van der Waals surface area contributed by atoms with Gasteiger partial charge in [0.25, 0.3) is 10.0 Å². The molecule has 0 amide bonds. The maximum Gasteiger partial charge on any atom is 0.269 e. The van der Waals surface area contributed by atoms with Gasteiger partial charge in [0.1, 0.15) is 5.82 Å². The molecule has 4 aromatic heterocycles. The predicted molar refractivity (Wildman–Crippen MR) is 149 cm³/mol. The lowest BCUT2D eigenvalue weighted by Gasteiger charge is -2.34. The molecular weight excluding hydrogens is 514 g/mol. The van der Waals surface area contributed by atoms with Crippen molar-refractivity contribution in [3.8, 4) is 22.8 Å². The first-order valence-electron chi connectivity index (χ1n) is 12.8. The topological polar surface area (TPSA) is 108 Å². The summed E-state index contributed by atoms with van der Waals surface area (Å²) in [6.07, 6.45) is 3.13. The second-order valence-corrected chi connectivity index (χ2v) is 11.7. The van der Waals surface area contributed by atoms with E-state index in [2.05, 4.69) is 21.9 Å². The number of ether oxygens (including phenoxy) is 1. The lowest BCUT2D eigenvalue weighted by molar-refractivity contribution is 0.0985. The van der Waals surface area contributed by atoms with E-state index in [1.54, 1.807) is 41.2 Å². The molecule has 1 saturated heterocycles. The third-order valence-electron chi connectivity index (χ3n) is 7.01. The Bertz CT molecular complexity index is 1790. The van der Waals surface area contributed by atoms with Crippen LogP contribution in [0, 0.1) is 13.8 Å². The number of anilines is 1. The molecule has 6 rings (SSSR count). The van der Waals surface area contributed by atoms with Crippen LogP contribution in [0.4, 0.5) is 5.82 Å². The van der Waals surface area contributed by atoms with Crippen LogP contribution in [-0.4, -0.2) is 62.9 Å². The first-order chi connectivity index (χ1) is 18.7. The molecular formula is C28H29N7O3S. The molecule has 1 atom stereocenters. The van der Waals surface area contributed by atoms with Crippen LogP contribution in [0.3, 0.4) is 0 Å². The van der Waals surface area contributed by atoms with Gasteiger partial charge in [-0.25, -0.2) is 27.3 Å². The summed E-state index contributed by atoms with van der Waals surface area (Å²) in [5, 5.41) is 5.15. The van der Waals surface area contributed by atoms with Gasteiger partial charge in [0, 0.05) is 43.0 Å². The summed E-state index contributed by atoms with van der Waals surface area (Å²) >= 11 is 0. The molecule has 200 valence electrons. The second kappa shape index (κ2) is 9.58. The number of aromatic nitrogens is 6. The molecule has 0 N–H and O–H groups in total. The van der Waals surface area contributed by atoms with E-state index in [9.17, 15) is 8.42 Å². The maximum atomic E-state index is 13.5. The fourth-order valence-corrected chi connectivity index (χ4v) is 6.28. The van der Waals surface area contributed by atoms with Crippen molar-refractivity contribution in [3.63, 3.8) is 0 Å². The molecule has 11 heteroatoms. The van der Waals surface area contributed by atoms with E-state index in [1.807, 2.05) is 39.1 Å². The molecule has 1 aromatic carbocycles. The number of nitrogens with zero attached hydrogens (tertiary/aromatic N) is 7. The molecule has 10 nitrogen and oxygen atoms in total. The summed E-state index contributed by atoms with van der Waals surface area (Å²) in [7, 11) is -1.95. The normalized spacial score (nSPS) is 16.2. The summed E-state index contributed by atoms with van der Waals surface area (Å²) in [6, 6.07) is 14.5. The Morgan fingerprint density at radius 3 is 2.54 bits per heavy atom. The van der Waals surface area contributed by atoms with Crippen molar-refractivity contribution in [3.05, 3.63) is 72.2 Å². The van der Waals surface area contributed by atoms with Crippen LogP contribution in [-0.2, 0) is 21.8 Å².